The van der Waals surface area contributed by atoms with Gasteiger partial charge in [-0.1, -0.05) is 6.42 Å². The SMILES string of the molecule is CC(C)n1ncnc1CC1CCCC(O)C1. The Morgan fingerprint density at radius 2 is 2.31 bits per heavy atom. The smallest absolute Gasteiger partial charge is 0.138 e. The van der Waals surface area contributed by atoms with Crippen LogP contribution in [0.1, 0.15) is 51.4 Å². The summed E-state index contributed by atoms with van der Waals surface area (Å²) in [6.45, 7) is 4.24. The molecule has 0 aliphatic heterocycles. The van der Waals surface area contributed by atoms with Crippen LogP contribution < -0.4 is 0 Å². The molecule has 0 spiro atoms. The van der Waals surface area contributed by atoms with Crippen molar-refractivity contribution in [1.82, 2.24) is 14.8 Å². The van der Waals surface area contributed by atoms with Crippen molar-refractivity contribution in [2.75, 3.05) is 0 Å². The summed E-state index contributed by atoms with van der Waals surface area (Å²) in [5.41, 5.74) is 0. The number of aromatic nitrogens is 3. The minimum absolute atomic E-state index is 0.103. The molecule has 1 aromatic rings. The van der Waals surface area contributed by atoms with E-state index in [9.17, 15) is 5.11 Å². The van der Waals surface area contributed by atoms with Gasteiger partial charge in [0.2, 0.25) is 0 Å². The number of aliphatic hydroxyl groups is 1. The van der Waals surface area contributed by atoms with Gasteiger partial charge in [-0.2, -0.15) is 5.10 Å². The monoisotopic (exact) mass is 223 g/mol. The van der Waals surface area contributed by atoms with Crippen molar-refractivity contribution >= 4 is 0 Å². The zero-order valence-electron chi connectivity index (χ0n) is 10.1. The van der Waals surface area contributed by atoms with Gasteiger partial charge in [-0.05, 0) is 39.0 Å². The molecule has 2 unspecified atom stereocenters. The number of aliphatic hydroxyl groups excluding tert-OH is 1. The Kier molecular flexibility index (Phi) is 3.59. The van der Waals surface area contributed by atoms with Gasteiger partial charge in [-0.25, -0.2) is 9.67 Å². The van der Waals surface area contributed by atoms with Gasteiger partial charge >= 0.3 is 0 Å². The second-order valence-corrected chi connectivity index (χ2v) is 5.11. The summed E-state index contributed by atoms with van der Waals surface area (Å²) in [6, 6.07) is 0.367. The Hall–Kier alpha value is -0.900. The quantitative estimate of drug-likeness (QED) is 0.852. The third-order valence-electron chi connectivity index (χ3n) is 3.36. The minimum Gasteiger partial charge on any atom is -0.393 e. The Bertz CT molecular complexity index is 335. The van der Waals surface area contributed by atoms with E-state index in [-0.39, 0.29) is 6.10 Å². The van der Waals surface area contributed by atoms with E-state index in [0.717, 1.165) is 31.5 Å². The van der Waals surface area contributed by atoms with Crippen molar-refractivity contribution in [1.29, 1.82) is 0 Å². The molecule has 1 N–H and O–H groups in total. The van der Waals surface area contributed by atoms with Crippen LogP contribution in [0.25, 0.3) is 0 Å². The van der Waals surface area contributed by atoms with Crippen LogP contribution in [-0.4, -0.2) is 26.0 Å². The van der Waals surface area contributed by atoms with Gasteiger partial charge < -0.3 is 5.11 Å². The lowest BCUT2D eigenvalue weighted by atomic mass is 9.85. The fraction of sp³-hybridized carbons (Fsp3) is 0.833. The molecule has 1 aromatic heterocycles. The normalized spacial score (nSPS) is 26.2. The lowest BCUT2D eigenvalue weighted by Gasteiger charge is -2.25. The second-order valence-electron chi connectivity index (χ2n) is 5.11. The molecule has 90 valence electrons. The Labute approximate surface area is 96.7 Å². The molecule has 4 heteroatoms. The summed E-state index contributed by atoms with van der Waals surface area (Å²) >= 11 is 0. The molecule has 0 aromatic carbocycles. The zero-order chi connectivity index (χ0) is 11.5. The lowest BCUT2D eigenvalue weighted by molar-refractivity contribution is 0.1000. The summed E-state index contributed by atoms with van der Waals surface area (Å²) in [4.78, 5) is 4.33. The molecule has 1 aliphatic carbocycles. The number of hydrogen-bond acceptors (Lipinski definition) is 3. The fourth-order valence-corrected chi connectivity index (χ4v) is 2.56. The molecular weight excluding hydrogens is 202 g/mol. The van der Waals surface area contributed by atoms with E-state index in [1.807, 2.05) is 4.68 Å². The molecule has 2 rings (SSSR count). The van der Waals surface area contributed by atoms with Gasteiger partial charge in [0.1, 0.15) is 12.2 Å². The average Bonchev–Trinajstić information content (AvgIpc) is 2.66. The number of hydrogen-bond donors (Lipinski definition) is 1. The maximum absolute atomic E-state index is 9.64. The van der Waals surface area contributed by atoms with Crippen LogP contribution in [0.2, 0.25) is 0 Å². The first-order valence-electron chi connectivity index (χ1n) is 6.23. The Morgan fingerprint density at radius 3 is 3.00 bits per heavy atom. The Balaban J connectivity index is 2.00. The van der Waals surface area contributed by atoms with E-state index >= 15 is 0 Å². The number of nitrogens with zero attached hydrogens (tertiary/aromatic N) is 3. The Morgan fingerprint density at radius 1 is 1.50 bits per heavy atom. The molecule has 1 fully saturated rings. The largest absolute Gasteiger partial charge is 0.393 e. The summed E-state index contributed by atoms with van der Waals surface area (Å²) in [6.07, 6.45) is 6.72. The van der Waals surface area contributed by atoms with Crippen molar-refractivity contribution in [3.8, 4) is 0 Å². The van der Waals surface area contributed by atoms with Crippen LogP contribution in [0.4, 0.5) is 0 Å². The van der Waals surface area contributed by atoms with Crippen LogP contribution in [0.3, 0.4) is 0 Å². The highest BCUT2D eigenvalue weighted by molar-refractivity contribution is 4.90. The molecule has 16 heavy (non-hydrogen) atoms. The van der Waals surface area contributed by atoms with Crippen LogP contribution in [0.5, 0.6) is 0 Å². The van der Waals surface area contributed by atoms with Crippen molar-refractivity contribution < 1.29 is 5.11 Å². The van der Waals surface area contributed by atoms with E-state index in [2.05, 4.69) is 23.9 Å². The van der Waals surface area contributed by atoms with Gasteiger partial charge in [0.15, 0.2) is 0 Å². The highest BCUT2D eigenvalue weighted by atomic mass is 16.3. The molecule has 0 saturated heterocycles. The average molecular weight is 223 g/mol. The lowest BCUT2D eigenvalue weighted by Crippen LogP contribution is -2.22. The molecule has 0 radical (unpaired) electrons. The molecule has 2 atom stereocenters. The van der Waals surface area contributed by atoms with Crippen molar-refractivity contribution in [2.45, 2.75) is 58.1 Å². The van der Waals surface area contributed by atoms with Gasteiger partial charge in [0, 0.05) is 12.5 Å². The summed E-state index contributed by atoms with van der Waals surface area (Å²) in [5.74, 6) is 1.64. The molecule has 0 bridgehead atoms. The maximum Gasteiger partial charge on any atom is 0.138 e. The molecule has 1 heterocycles. The number of rotatable bonds is 3. The second kappa shape index (κ2) is 4.95. The summed E-state index contributed by atoms with van der Waals surface area (Å²) < 4.78 is 1.99. The van der Waals surface area contributed by atoms with Crippen molar-refractivity contribution in [3.63, 3.8) is 0 Å². The van der Waals surface area contributed by atoms with E-state index in [0.29, 0.717) is 12.0 Å². The van der Waals surface area contributed by atoms with Gasteiger partial charge in [-0.15, -0.1) is 0 Å². The van der Waals surface area contributed by atoms with E-state index in [4.69, 9.17) is 0 Å². The predicted octanol–water partition coefficient (Wildman–Crippen LogP) is 1.95. The highest BCUT2D eigenvalue weighted by Gasteiger charge is 2.22. The first kappa shape index (κ1) is 11.6. The third kappa shape index (κ3) is 2.61. The van der Waals surface area contributed by atoms with E-state index in [1.165, 1.54) is 6.42 Å². The van der Waals surface area contributed by atoms with Crippen LogP contribution >= 0.6 is 0 Å². The molecule has 1 saturated carbocycles. The standard InChI is InChI=1S/C12H21N3O/c1-9(2)15-12(13-8-14-15)7-10-4-3-5-11(16)6-10/h8-11,16H,3-7H2,1-2H3. The van der Waals surface area contributed by atoms with Crippen LogP contribution in [0, 0.1) is 5.92 Å². The molecular formula is C12H21N3O. The van der Waals surface area contributed by atoms with E-state index < -0.39 is 0 Å². The minimum atomic E-state index is -0.103. The summed E-state index contributed by atoms with van der Waals surface area (Å²) in [5, 5.41) is 13.9. The molecule has 4 nitrogen and oxygen atoms in total. The zero-order valence-corrected chi connectivity index (χ0v) is 10.1. The van der Waals surface area contributed by atoms with Gasteiger partial charge in [0.25, 0.3) is 0 Å². The van der Waals surface area contributed by atoms with Crippen LogP contribution in [0.15, 0.2) is 6.33 Å². The van der Waals surface area contributed by atoms with Gasteiger partial charge in [0.05, 0.1) is 6.10 Å². The molecule has 1 aliphatic rings. The fourth-order valence-electron chi connectivity index (χ4n) is 2.56. The van der Waals surface area contributed by atoms with Crippen molar-refractivity contribution in [3.05, 3.63) is 12.2 Å². The first-order chi connectivity index (χ1) is 7.66. The highest BCUT2D eigenvalue weighted by Crippen LogP contribution is 2.27. The molecule has 0 amide bonds. The first-order valence-corrected chi connectivity index (χ1v) is 6.23. The summed E-state index contributed by atoms with van der Waals surface area (Å²) in [7, 11) is 0. The third-order valence-corrected chi connectivity index (χ3v) is 3.36. The maximum atomic E-state index is 9.64. The van der Waals surface area contributed by atoms with E-state index in [1.54, 1.807) is 6.33 Å². The van der Waals surface area contributed by atoms with Crippen LogP contribution in [-0.2, 0) is 6.42 Å². The van der Waals surface area contributed by atoms with Crippen molar-refractivity contribution in [2.24, 2.45) is 5.92 Å². The van der Waals surface area contributed by atoms with Gasteiger partial charge in [-0.3, -0.25) is 0 Å². The predicted molar refractivity (Wildman–Crippen MR) is 62.1 cm³/mol. The topological polar surface area (TPSA) is 50.9 Å².